The maximum atomic E-state index is 12.3. The van der Waals surface area contributed by atoms with Crippen LogP contribution in [-0.4, -0.2) is 11.7 Å². The molecule has 0 radical (unpaired) electrons. The van der Waals surface area contributed by atoms with Gasteiger partial charge in [0.05, 0.1) is 0 Å². The Balaban J connectivity index is 1.64. The number of hydrogen-bond donors (Lipinski definition) is 1. The topological polar surface area (TPSA) is 46.2 Å². The van der Waals surface area contributed by atoms with Crippen molar-refractivity contribution in [1.29, 1.82) is 0 Å². The number of benzene rings is 2. The first-order chi connectivity index (χ1) is 10.6. The van der Waals surface area contributed by atoms with Crippen LogP contribution in [0.15, 0.2) is 48.5 Å². The van der Waals surface area contributed by atoms with Gasteiger partial charge in [0.25, 0.3) is 0 Å². The van der Waals surface area contributed by atoms with E-state index in [4.69, 9.17) is 11.6 Å². The molecule has 0 spiro atoms. The zero-order valence-corrected chi connectivity index (χ0v) is 12.9. The first kappa shape index (κ1) is 14.8. The van der Waals surface area contributed by atoms with Crippen molar-refractivity contribution in [2.75, 3.05) is 5.32 Å². The van der Waals surface area contributed by atoms with Gasteiger partial charge in [0, 0.05) is 22.2 Å². The van der Waals surface area contributed by atoms with Crippen molar-refractivity contribution >= 4 is 29.0 Å². The van der Waals surface area contributed by atoms with E-state index in [2.05, 4.69) is 5.32 Å². The summed E-state index contributed by atoms with van der Waals surface area (Å²) in [4.78, 5) is 23.5. The van der Waals surface area contributed by atoms with Gasteiger partial charge in [-0.15, -0.1) is 0 Å². The summed E-state index contributed by atoms with van der Waals surface area (Å²) in [5.74, 6) is 0.178. The summed E-state index contributed by atoms with van der Waals surface area (Å²) >= 11 is 6.17. The SMILES string of the molecule is CC(=O)c1ccc(NC(=O)C2CC2c2ccccc2Cl)cc1. The Morgan fingerprint density at radius 1 is 1.09 bits per heavy atom. The van der Waals surface area contributed by atoms with Crippen molar-refractivity contribution < 1.29 is 9.59 Å². The molecule has 2 aromatic rings. The van der Waals surface area contributed by atoms with Gasteiger partial charge in [0.2, 0.25) is 5.91 Å². The number of ketones is 1. The molecule has 3 rings (SSSR count). The molecule has 1 amide bonds. The number of carbonyl (C=O) groups excluding carboxylic acids is 2. The maximum absolute atomic E-state index is 12.3. The Bertz CT molecular complexity index is 724. The van der Waals surface area contributed by atoms with Crippen LogP contribution < -0.4 is 5.32 Å². The lowest BCUT2D eigenvalue weighted by Gasteiger charge is -2.06. The second kappa shape index (κ2) is 5.93. The summed E-state index contributed by atoms with van der Waals surface area (Å²) < 4.78 is 0. The standard InChI is InChI=1S/C18H16ClNO2/c1-11(21)12-6-8-13(9-7-12)20-18(22)16-10-15(16)14-4-2-3-5-17(14)19/h2-9,15-16H,10H2,1H3,(H,20,22). The molecular weight excluding hydrogens is 298 g/mol. The minimum atomic E-state index is -0.0348. The largest absolute Gasteiger partial charge is 0.326 e. The van der Waals surface area contributed by atoms with E-state index in [1.54, 1.807) is 24.3 Å². The second-order valence-corrected chi connectivity index (χ2v) is 6.00. The quantitative estimate of drug-likeness (QED) is 0.856. The number of halogens is 1. The summed E-state index contributed by atoms with van der Waals surface area (Å²) in [6, 6.07) is 14.6. The van der Waals surface area contributed by atoms with E-state index in [1.165, 1.54) is 6.92 Å². The van der Waals surface area contributed by atoms with E-state index in [-0.39, 0.29) is 23.5 Å². The molecule has 1 saturated carbocycles. The van der Waals surface area contributed by atoms with Gasteiger partial charge in [-0.3, -0.25) is 9.59 Å². The Kier molecular flexibility index (Phi) is 3.99. The Hall–Kier alpha value is -2.13. The third-order valence-electron chi connectivity index (χ3n) is 3.99. The smallest absolute Gasteiger partial charge is 0.228 e. The fourth-order valence-corrected chi connectivity index (χ4v) is 2.90. The zero-order chi connectivity index (χ0) is 15.7. The predicted octanol–water partition coefficient (Wildman–Crippen LogP) is 4.28. The van der Waals surface area contributed by atoms with E-state index < -0.39 is 0 Å². The third kappa shape index (κ3) is 3.04. The molecule has 4 heteroatoms. The number of hydrogen-bond acceptors (Lipinski definition) is 2. The van der Waals surface area contributed by atoms with Gasteiger partial charge in [0.15, 0.2) is 5.78 Å². The minimum Gasteiger partial charge on any atom is -0.326 e. The zero-order valence-electron chi connectivity index (χ0n) is 12.2. The van der Waals surface area contributed by atoms with E-state index in [0.29, 0.717) is 16.3 Å². The van der Waals surface area contributed by atoms with E-state index in [0.717, 1.165) is 12.0 Å². The molecule has 0 bridgehead atoms. The maximum Gasteiger partial charge on any atom is 0.228 e. The van der Waals surface area contributed by atoms with Crippen molar-refractivity contribution in [2.24, 2.45) is 5.92 Å². The highest BCUT2D eigenvalue weighted by Crippen LogP contribution is 2.49. The fourth-order valence-electron chi connectivity index (χ4n) is 2.63. The third-order valence-corrected chi connectivity index (χ3v) is 4.34. The molecule has 1 fully saturated rings. The van der Waals surface area contributed by atoms with Crippen LogP contribution in [0.1, 0.15) is 35.2 Å². The summed E-state index contributed by atoms with van der Waals surface area (Å²) in [7, 11) is 0. The van der Waals surface area contributed by atoms with Crippen LogP contribution in [0.25, 0.3) is 0 Å². The lowest BCUT2D eigenvalue weighted by Crippen LogP contribution is -2.14. The molecule has 2 unspecified atom stereocenters. The van der Waals surface area contributed by atoms with Crippen molar-refractivity contribution in [3.63, 3.8) is 0 Å². The van der Waals surface area contributed by atoms with Crippen LogP contribution in [0.4, 0.5) is 5.69 Å². The lowest BCUT2D eigenvalue weighted by molar-refractivity contribution is -0.117. The summed E-state index contributed by atoms with van der Waals surface area (Å²) in [5.41, 5.74) is 2.38. The first-order valence-electron chi connectivity index (χ1n) is 7.22. The first-order valence-corrected chi connectivity index (χ1v) is 7.60. The van der Waals surface area contributed by atoms with E-state index >= 15 is 0 Å². The second-order valence-electron chi connectivity index (χ2n) is 5.59. The van der Waals surface area contributed by atoms with Gasteiger partial charge in [-0.25, -0.2) is 0 Å². The van der Waals surface area contributed by atoms with Gasteiger partial charge in [-0.2, -0.15) is 0 Å². The Morgan fingerprint density at radius 3 is 2.41 bits per heavy atom. The number of anilines is 1. The fraction of sp³-hybridized carbons (Fsp3) is 0.222. The molecular formula is C18H16ClNO2. The normalized spacial score (nSPS) is 19.5. The highest BCUT2D eigenvalue weighted by Gasteiger charge is 2.44. The molecule has 1 N–H and O–H groups in total. The van der Waals surface area contributed by atoms with Gasteiger partial charge in [0.1, 0.15) is 0 Å². The molecule has 2 atom stereocenters. The summed E-state index contributed by atoms with van der Waals surface area (Å²) in [5, 5.41) is 3.61. The van der Waals surface area contributed by atoms with E-state index in [9.17, 15) is 9.59 Å². The van der Waals surface area contributed by atoms with Crippen LogP contribution in [-0.2, 0) is 4.79 Å². The molecule has 0 aromatic heterocycles. The number of rotatable bonds is 4. The Labute approximate surface area is 134 Å². The molecule has 3 nitrogen and oxygen atoms in total. The number of Topliss-reactive ketones (excluding diaryl/α,β-unsaturated/α-hetero) is 1. The molecule has 1 aliphatic carbocycles. The van der Waals surface area contributed by atoms with Crippen LogP contribution >= 0.6 is 11.6 Å². The van der Waals surface area contributed by atoms with Gasteiger partial charge in [-0.05, 0) is 55.2 Å². The molecule has 112 valence electrons. The van der Waals surface area contributed by atoms with Crippen molar-refractivity contribution in [3.05, 3.63) is 64.7 Å². The van der Waals surface area contributed by atoms with Crippen molar-refractivity contribution in [2.45, 2.75) is 19.3 Å². The van der Waals surface area contributed by atoms with Crippen molar-refractivity contribution in [1.82, 2.24) is 0 Å². The van der Waals surface area contributed by atoms with Crippen LogP contribution in [0.2, 0.25) is 5.02 Å². The molecule has 1 aliphatic rings. The summed E-state index contributed by atoms with van der Waals surface area (Å²) in [6.07, 6.45) is 0.821. The van der Waals surface area contributed by atoms with Gasteiger partial charge in [-0.1, -0.05) is 29.8 Å². The predicted molar refractivity (Wildman–Crippen MR) is 87.4 cm³/mol. The van der Waals surface area contributed by atoms with Gasteiger partial charge < -0.3 is 5.32 Å². The molecule has 2 aromatic carbocycles. The average molecular weight is 314 g/mol. The lowest BCUT2D eigenvalue weighted by atomic mass is 10.1. The molecule has 0 heterocycles. The van der Waals surface area contributed by atoms with Crippen LogP contribution in [0, 0.1) is 5.92 Å². The minimum absolute atomic E-state index is 0.000458. The monoisotopic (exact) mass is 313 g/mol. The average Bonchev–Trinajstić information content (AvgIpc) is 3.28. The van der Waals surface area contributed by atoms with Crippen LogP contribution in [0.5, 0.6) is 0 Å². The molecule has 22 heavy (non-hydrogen) atoms. The van der Waals surface area contributed by atoms with Gasteiger partial charge >= 0.3 is 0 Å². The number of carbonyl (C=O) groups is 2. The number of amides is 1. The Morgan fingerprint density at radius 2 is 1.77 bits per heavy atom. The highest BCUT2D eigenvalue weighted by atomic mass is 35.5. The number of nitrogens with one attached hydrogen (secondary N) is 1. The highest BCUT2D eigenvalue weighted by molar-refractivity contribution is 6.31. The van der Waals surface area contributed by atoms with Crippen LogP contribution in [0.3, 0.4) is 0 Å². The van der Waals surface area contributed by atoms with E-state index in [1.807, 2.05) is 24.3 Å². The summed E-state index contributed by atoms with van der Waals surface area (Å²) in [6.45, 7) is 1.52. The molecule has 0 aliphatic heterocycles. The molecule has 0 saturated heterocycles. The van der Waals surface area contributed by atoms with Crippen molar-refractivity contribution in [3.8, 4) is 0 Å².